The summed E-state index contributed by atoms with van der Waals surface area (Å²) in [4.78, 5) is 29.3. The third-order valence-corrected chi connectivity index (χ3v) is 4.12. The van der Waals surface area contributed by atoms with Gasteiger partial charge in [-0.25, -0.2) is 4.79 Å². The number of carbonyl (C=O) groups is 1. The number of esters is 1. The van der Waals surface area contributed by atoms with Crippen LogP contribution in [-0.2, 0) is 9.30 Å². The zero-order chi connectivity index (χ0) is 14.3. The van der Waals surface area contributed by atoms with Gasteiger partial charge in [0.15, 0.2) is 17.8 Å². The molecule has 0 spiro atoms. The van der Waals surface area contributed by atoms with Crippen molar-refractivity contribution in [3.63, 3.8) is 0 Å². The quantitative estimate of drug-likeness (QED) is 0.658. The minimum atomic E-state index is -4.36. The van der Waals surface area contributed by atoms with E-state index in [9.17, 15) is 9.36 Å². The van der Waals surface area contributed by atoms with Crippen LogP contribution < -0.4 is 9.47 Å². The Morgan fingerprint density at radius 3 is 2.70 bits per heavy atom. The molecule has 1 aliphatic heterocycles. The van der Waals surface area contributed by atoms with Gasteiger partial charge in [0.25, 0.3) is 0 Å². The van der Waals surface area contributed by atoms with Crippen molar-refractivity contribution < 1.29 is 33.4 Å². The molecule has 7 nitrogen and oxygen atoms in total. The highest BCUT2D eigenvalue weighted by molar-refractivity contribution is 7.51. The first-order valence-electron chi connectivity index (χ1n) is 5.47. The zero-order valence-electron chi connectivity index (χ0n) is 9.94. The van der Waals surface area contributed by atoms with Gasteiger partial charge in [-0.05, 0) is 17.5 Å². The van der Waals surface area contributed by atoms with Crippen molar-refractivity contribution in [3.8, 4) is 11.5 Å². The van der Waals surface area contributed by atoms with Gasteiger partial charge in [0.05, 0.1) is 0 Å². The van der Waals surface area contributed by atoms with Crippen molar-refractivity contribution in [1.82, 2.24) is 0 Å². The third-order valence-electron chi connectivity index (χ3n) is 2.58. The second-order valence-electron chi connectivity index (χ2n) is 4.08. The maximum absolute atomic E-state index is 11.7. The van der Waals surface area contributed by atoms with Crippen LogP contribution in [0.4, 0.5) is 0 Å². The third kappa shape index (κ3) is 2.64. The van der Waals surface area contributed by atoms with Gasteiger partial charge in [-0.15, -0.1) is 11.3 Å². The van der Waals surface area contributed by atoms with Crippen LogP contribution in [0.15, 0.2) is 18.2 Å². The summed E-state index contributed by atoms with van der Waals surface area (Å²) in [6.07, 6.45) is -0.928. The standard InChI is InChI=1S/C11H9O7PS/c12-11(18-5-19(13,14)15)10-2-6-1-7-8(17-4-16-7)3-9(6)20-10/h1-3H,4-5H2,(H2,13,14,15). The molecule has 2 N–H and O–H groups in total. The van der Waals surface area contributed by atoms with E-state index in [2.05, 4.69) is 4.74 Å². The summed E-state index contributed by atoms with van der Waals surface area (Å²) in [6, 6.07) is 5.08. The lowest BCUT2D eigenvalue weighted by atomic mass is 10.2. The maximum Gasteiger partial charge on any atom is 0.362 e. The van der Waals surface area contributed by atoms with E-state index in [1.54, 1.807) is 18.2 Å². The molecule has 3 rings (SSSR count). The molecular formula is C11H9O7PS. The van der Waals surface area contributed by atoms with Gasteiger partial charge in [-0.3, -0.25) is 4.57 Å². The fraction of sp³-hybridized carbons (Fsp3) is 0.182. The molecular weight excluding hydrogens is 307 g/mol. The number of ether oxygens (including phenoxy) is 3. The van der Waals surface area contributed by atoms with Gasteiger partial charge in [0.2, 0.25) is 6.79 Å². The van der Waals surface area contributed by atoms with Gasteiger partial charge in [-0.1, -0.05) is 0 Å². The molecule has 0 atom stereocenters. The zero-order valence-corrected chi connectivity index (χ0v) is 11.6. The first-order chi connectivity index (χ1) is 9.42. The molecule has 0 bridgehead atoms. The average molecular weight is 316 g/mol. The summed E-state index contributed by atoms with van der Waals surface area (Å²) >= 11 is 1.16. The van der Waals surface area contributed by atoms with Gasteiger partial charge in [0, 0.05) is 10.8 Å². The Morgan fingerprint density at radius 1 is 1.30 bits per heavy atom. The number of rotatable bonds is 3. The highest BCUT2D eigenvalue weighted by Crippen LogP contribution is 2.40. The van der Waals surface area contributed by atoms with E-state index in [0.29, 0.717) is 11.5 Å². The smallest absolute Gasteiger partial charge is 0.362 e. The first-order valence-corrected chi connectivity index (χ1v) is 8.09. The van der Waals surface area contributed by atoms with Crippen molar-refractivity contribution in [2.24, 2.45) is 0 Å². The Balaban J connectivity index is 1.86. The largest absolute Gasteiger partial charge is 0.454 e. The summed E-state index contributed by atoms with van der Waals surface area (Å²) < 4.78 is 26.5. The van der Waals surface area contributed by atoms with Gasteiger partial charge in [-0.2, -0.15) is 0 Å². The molecule has 0 aliphatic carbocycles. The lowest BCUT2D eigenvalue weighted by Gasteiger charge is -2.03. The predicted octanol–water partition coefficient (Wildman–Crippen LogP) is 1.92. The van der Waals surface area contributed by atoms with Gasteiger partial charge < -0.3 is 24.0 Å². The summed E-state index contributed by atoms with van der Waals surface area (Å²) in [5.74, 6) is 0.441. The average Bonchev–Trinajstić information content (AvgIpc) is 2.96. The predicted molar refractivity (Wildman–Crippen MR) is 70.3 cm³/mol. The van der Waals surface area contributed by atoms with Gasteiger partial charge >= 0.3 is 13.6 Å². The van der Waals surface area contributed by atoms with Crippen molar-refractivity contribution >= 4 is 35.0 Å². The minimum absolute atomic E-state index is 0.170. The molecule has 1 aliphatic rings. The van der Waals surface area contributed by atoms with Crippen LogP contribution in [0.2, 0.25) is 0 Å². The molecule has 2 heterocycles. The molecule has 0 radical (unpaired) electrons. The van der Waals surface area contributed by atoms with E-state index in [1.165, 1.54) is 0 Å². The lowest BCUT2D eigenvalue weighted by Crippen LogP contribution is -2.04. The molecule has 9 heteroatoms. The van der Waals surface area contributed by atoms with Crippen LogP contribution in [0.25, 0.3) is 10.1 Å². The minimum Gasteiger partial charge on any atom is -0.454 e. The monoisotopic (exact) mass is 316 g/mol. The lowest BCUT2D eigenvalue weighted by molar-refractivity contribution is 0.0555. The van der Waals surface area contributed by atoms with E-state index < -0.39 is 19.9 Å². The van der Waals surface area contributed by atoms with Crippen molar-refractivity contribution in [1.29, 1.82) is 0 Å². The molecule has 1 aromatic heterocycles. The first kappa shape index (κ1) is 13.4. The molecule has 0 unspecified atom stereocenters. The number of thiophene rings is 1. The van der Waals surface area contributed by atoms with Crippen molar-refractivity contribution in [3.05, 3.63) is 23.1 Å². The summed E-state index contributed by atoms with van der Waals surface area (Å²) in [7, 11) is -4.36. The normalized spacial score (nSPS) is 13.7. The van der Waals surface area contributed by atoms with Crippen LogP contribution in [0.1, 0.15) is 9.67 Å². The SMILES string of the molecule is O=C(OCP(=O)(O)O)c1cc2cc3c(cc2s1)OCO3. The van der Waals surface area contributed by atoms with Crippen LogP contribution >= 0.6 is 18.9 Å². The number of carbonyl (C=O) groups excluding carboxylic acids is 1. The molecule has 0 saturated heterocycles. The molecule has 0 saturated carbocycles. The van der Waals surface area contributed by atoms with Crippen molar-refractivity contribution in [2.75, 3.05) is 13.1 Å². The second-order valence-corrected chi connectivity index (χ2v) is 6.75. The number of benzene rings is 1. The maximum atomic E-state index is 11.7. The Labute approximate surface area is 116 Å². The van der Waals surface area contributed by atoms with Crippen molar-refractivity contribution in [2.45, 2.75) is 0 Å². The Hall–Kier alpha value is -1.60. The summed E-state index contributed by atoms with van der Waals surface area (Å²) in [6.45, 7) is 0.170. The van der Waals surface area contributed by atoms with E-state index >= 15 is 0 Å². The van der Waals surface area contributed by atoms with E-state index in [4.69, 9.17) is 19.3 Å². The highest BCUT2D eigenvalue weighted by atomic mass is 32.1. The van der Waals surface area contributed by atoms with Crippen LogP contribution in [-0.4, -0.2) is 28.9 Å². The molecule has 0 amide bonds. The van der Waals surface area contributed by atoms with E-state index in [-0.39, 0.29) is 11.7 Å². The van der Waals surface area contributed by atoms with E-state index in [1.807, 2.05) is 0 Å². The van der Waals surface area contributed by atoms with Crippen LogP contribution in [0.5, 0.6) is 11.5 Å². The second kappa shape index (κ2) is 4.75. The number of fused-ring (bicyclic) bond motifs is 2. The molecule has 1 aromatic carbocycles. The number of hydrogen-bond donors (Lipinski definition) is 2. The fourth-order valence-corrected chi connectivity index (χ4v) is 3.00. The fourth-order valence-electron chi connectivity index (χ4n) is 1.74. The number of hydrogen-bond acceptors (Lipinski definition) is 6. The van der Waals surface area contributed by atoms with Crippen LogP contribution in [0.3, 0.4) is 0 Å². The Kier molecular flexibility index (Phi) is 3.18. The summed E-state index contributed by atoms with van der Waals surface area (Å²) in [5.41, 5.74) is 0. The topological polar surface area (TPSA) is 102 Å². The molecule has 0 fully saturated rings. The van der Waals surface area contributed by atoms with Crippen LogP contribution in [0, 0.1) is 0 Å². The Bertz CT molecular complexity index is 691. The van der Waals surface area contributed by atoms with Gasteiger partial charge in [0.1, 0.15) is 4.88 Å². The highest BCUT2D eigenvalue weighted by Gasteiger charge is 2.21. The van der Waals surface area contributed by atoms with E-state index in [0.717, 1.165) is 21.4 Å². The molecule has 20 heavy (non-hydrogen) atoms. The molecule has 2 aromatic rings. The molecule has 106 valence electrons. The Morgan fingerprint density at radius 2 is 2.00 bits per heavy atom. The summed E-state index contributed by atoms with van der Waals surface area (Å²) in [5, 5.41) is 0.780.